The fourth-order valence-electron chi connectivity index (χ4n) is 8.82. The molecule has 0 spiro atoms. The van der Waals surface area contributed by atoms with Gasteiger partial charge in [-0.15, -0.1) is 0 Å². The number of benzene rings is 2. The summed E-state index contributed by atoms with van der Waals surface area (Å²) in [5.74, 6) is 1.67. The molecule has 7 saturated carbocycles. The van der Waals surface area contributed by atoms with E-state index in [1.54, 1.807) is 7.11 Å². The molecule has 214 valence electrons. The third-order valence-corrected chi connectivity index (χ3v) is 11.6. The molecular weight excluding hydrogens is 513 g/mol. The Morgan fingerprint density at radius 2 is 1.66 bits per heavy atom. The summed E-state index contributed by atoms with van der Waals surface area (Å²) in [6.45, 7) is 0.727. The summed E-state index contributed by atoms with van der Waals surface area (Å²) in [5.41, 5.74) is 4.52. The molecule has 5 nitrogen and oxygen atoms in total. The fraction of sp³-hybridized carbons (Fsp3) is 0.543. The lowest BCUT2D eigenvalue weighted by atomic mass is 9.41. The highest BCUT2D eigenvalue weighted by Crippen LogP contribution is 2.70. The first-order valence-electron chi connectivity index (χ1n) is 15.5. The predicted octanol–water partition coefficient (Wildman–Crippen LogP) is 7.49. The van der Waals surface area contributed by atoms with E-state index in [0.29, 0.717) is 25.2 Å². The second kappa shape index (κ2) is 8.68. The second-order valence-electron chi connectivity index (χ2n) is 14.3. The van der Waals surface area contributed by atoms with E-state index in [-0.39, 0.29) is 16.7 Å². The van der Waals surface area contributed by atoms with Crippen LogP contribution in [0.2, 0.25) is 0 Å². The zero-order chi connectivity index (χ0) is 28.0. The Bertz CT molecular complexity index is 1480. The number of nitrogens with zero attached hydrogens (tertiary/aromatic N) is 3. The van der Waals surface area contributed by atoms with Gasteiger partial charge in [0.1, 0.15) is 11.4 Å². The summed E-state index contributed by atoms with van der Waals surface area (Å²) in [5, 5.41) is 5.04. The van der Waals surface area contributed by atoms with Gasteiger partial charge in [-0.3, -0.25) is 9.48 Å². The minimum absolute atomic E-state index is 0.110. The van der Waals surface area contributed by atoms with Crippen LogP contribution in [0.25, 0.3) is 11.1 Å². The smallest absolute Gasteiger partial charge is 0.233 e. The second-order valence-corrected chi connectivity index (χ2v) is 14.3. The molecule has 1 heterocycles. The number of amides is 1. The van der Waals surface area contributed by atoms with E-state index in [2.05, 4.69) is 59.1 Å². The van der Waals surface area contributed by atoms with Gasteiger partial charge in [0.15, 0.2) is 0 Å². The van der Waals surface area contributed by atoms with Crippen LogP contribution in [0.1, 0.15) is 87.9 Å². The predicted molar refractivity (Wildman–Crippen MR) is 158 cm³/mol. The van der Waals surface area contributed by atoms with Gasteiger partial charge in [0, 0.05) is 36.3 Å². The number of aromatic nitrogens is 2. The standard InChI is InChI=1S/C35H40FN3O2/c1-38-29(25-6-7-25)19-30(37-38)33-15-12-32(13-16-33,14-17-33)23-39(31(40)34-20-35(36,21-34)22-34)27-5-3-4-26(18-27)24-8-10-28(41-2)11-9-24/h3-5,8-11,18-19,25H,6-7,12-17,20-23H2,1-2H3. The van der Waals surface area contributed by atoms with Crippen molar-refractivity contribution in [3.8, 4) is 16.9 Å². The van der Waals surface area contributed by atoms with E-state index in [4.69, 9.17) is 9.84 Å². The van der Waals surface area contributed by atoms with Crippen LogP contribution in [0.4, 0.5) is 10.1 Å². The number of carbonyl (C=O) groups excluding carboxylic acids is 1. The Balaban J connectivity index is 1.07. The van der Waals surface area contributed by atoms with E-state index in [1.807, 2.05) is 12.1 Å². The maximum absolute atomic E-state index is 14.6. The van der Waals surface area contributed by atoms with E-state index < -0.39 is 11.1 Å². The van der Waals surface area contributed by atoms with E-state index in [9.17, 15) is 9.18 Å². The number of hydrogen-bond acceptors (Lipinski definition) is 3. The molecule has 2 aromatic carbocycles. The monoisotopic (exact) mass is 553 g/mol. The number of carbonyl (C=O) groups is 1. The summed E-state index contributed by atoms with van der Waals surface area (Å²) in [6, 6.07) is 18.8. The van der Waals surface area contributed by atoms with Gasteiger partial charge in [0.2, 0.25) is 5.91 Å². The fourth-order valence-corrected chi connectivity index (χ4v) is 8.82. The molecule has 0 aliphatic heterocycles. The number of rotatable bonds is 8. The lowest BCUT2D eigenvalue weighted by Crippen LogP contribution is -2.71. The molecule has 41 heavy (non-hydrogen) atoms. The highest BCUT2D eigenvalue weighted by molar-refractivity contribution is 6.00. The molecule has 0 N–H and O–H groups in total. The highest BCUT2D eigenvalue weighted by atomic mass is 19.1. The Kier molecular flexibility index (Phi) is 5.41. The van der Waals surface area contributed by atoms with Crippen molar-refractivity contribution in [2.24, 2.45) is 17.9 Å². The number of hydrogen-bond donors (Lipinski definition) is 0. The Labute approximate surface area is 242 Å². The quantitative estimate of drug-likeness (QED) is 0.290. The van der Waals surface area contributed by atoms with Gasteiger partial charge in [-0.25, -0.2) is 4.39 Å². The first-order chi connectivity index (χ1) is 19.7. The zero-order valence-electron chi connectivity index (χ0n) is 24.3. The van der Waals surface area contributed by atoms with E-state index in [1.165, 1.54) is 24.2 Å². The molecule has 7 aliphatic rings. The molecule has 3 aromatic rings. The van der Waals surface area contributed by atoms with Gasteiger partial charge in [0.25, 0.3) is 0 Å². The molecular formula is C35H40FN3O2. The topological polar surface area (TPSA) is 47.4 Å². The number of ether oxygens (including phenoxy) is 1. The first-order valence-corrected chi connectivity index (χ1v) is 15.5. The van der Waals surface area contributed by atoms with Crippen LogP contribution in [0.5, 0.6) is 5.75 Å². The molecule has 0 saturated heterocycles. The summed E-state index contributed by atoms with van der Waals surface area (Å²) < 4.78 is 22.1. The number of alkyl halides is 1. The van der Waals surface area contributed by atoms with Crippen molar-refractivity contribution in [2.75, 3.05) is 18.6 Å². The number of halogens is 1. The third kappa shape index (κ3) is 3.99. The molecule has 0 unspecified atom stereocenters. The van der Waals surface area contributed by atoms with Crippen LogP contribution in [-0.4, -0.2) is 35.0 Å². The van der Waals surface area contributed by atoms with Crippen LogP contribution in [0.15, 0.2) is 54.6 Å². The number of methoxy groups -OCH3 is 1. The molecule has 0 atom stereocenters. The van der Waals surface area contributed by atoms with Crippen molar-refractivity contribution < 1.29 is 13.9 Å². The molecule has 4 bridgehead atoms. The van der Waals surface area contributed by atoms with Crippen LogP contribution in [0.3, 0.4) is 0 Å². The lowest BCUT2D eigenvalue weighted by Gasteiger charge is -2.65. The summed E-state index contributed by atoms with van der Waals surface area (Å²) in [6.07, 6.45) is 10.5. The minimum Gasteiger partial charge on any atom is -0.497 e. The van der Waals surface area contributed by atoms with Gasteiger partial charge in [-0.2, -0.15) is 5.10 Å². The average Bonchev–Trinajstić information content (AvgIpc) is 3.75. The van der Waals surface area contributed by atoms with Crippen molar-refractivity contribution >= 4 is 11.6 Å². The highest BCUT2D eigenvalue weighted by Gasteiger charge is 2.73. The summed E-state index contributed by atoms with van der Waals surface area (Å²) >= 11 is 0. The third-order valence-electron chi connectivity index (χ3n) is 11.6. The molecule has 7 aliphatic carbocycles. The number of anilines is 1. The van der Waals surface area contributed by atoms with Crippen LogP contribution in [-0.2, 0) is 17.3 Å². The van der Waals surface area contributed by atoms with E-state index in [0.717, 1.165) is 67.6 Å². The van der Waals surface area contributed by atoms with Gasteiger partial charge in [0.05, 0.1) is 18.2 Å². The molecule has 7 fully saturated rings. The maximum atomic E-state index is 14.6. The van der Waals surface area contributed by atoms with Gasteiger partial charge < -0.3 is 9.64 Å². The van der Waals surface area contributed by atoms with Crippen LogP contribution < -0.4 is 9.64 Å². The summed E-state index contributed by atoms with van der Waals surface area (Å²) in [7, 11) is 3.78. The molecule has 6 heteroatoms. The Morgan fingerprint density at radius 1 is 0.976 bits per heavy atom. The van der Waals surface area contributed by atoms with Crippen molar-refractivity contribution in [1.29, 1.82) is 0 Å². The normalized spacial score (nSPS) is 33.1. The number of aryl methyl sites for hydroxylation is 1. The minimum atomic E-state index is -1.10. The maximum Gasteiger partial charge on any atom is 0.233 e. The molecule has 1 amide bonds. The molecule has 0 radical (unpaired) electrons. The summed E-state index contributed by atoms with van der Waals surface area (Å²) in [4.78, 5) is 16.3. The van der Waals surface area contributed by atoms with Crippen molar-refractivity contribution in [1.82, 2.24) is 9.78 Å². The van der Waals surface area contributed by atoms with Crippen LogP contribution >= 0.6 is 0 Å². The lowest BCUT2D eigenvalue weighted by molar-refractivity contribution is -0.211. The van der Waals surface area contributed by atoms with E-state index >= 15 is 0 Å². The average molecular weight is 554 g/mol. The Morgan fingerprint density at radius 3 is 2.27 bits per heavy atom. The molecule has 10 rings (SSSR count). The van der Waals surface area contributed by atoms with Crippen molar-refractivity contribution in [2.45, 2.75) is 87.6 Å². The SMILES string of the molecule is COc1ccc(-c2cccc(N(CC34CCC(c5cc(C6CC6)n(C)n5)(CC3)CC4)C(=O)C34CC(F)(C3)C4)c2)cc1. The number of fused-ring (bicyclic) bond motifs is 3. The Hall–Kier alpha value is -3.15. The van der Waals surface area contributed by atoms with Crippen molar-refractivity contribution in [3.05, 3.63) is 66.0 Å². The van der Waals surface area contributed by atoms with Gasteiger partial charge >= 0.3 is 0 Å². The first kappa shape index (κ1) is 25.6. The largest absolute Gasteiger partial charge is 0.497 e. The van der Waals surface area contributed by atoms with Crippen molar-refractivity contribution in [3.63, 3.8) is 0 Å². The molecule has 1 aromatic heterocycles. The van der Waals surface area contributed by atoms with Crippen LogP contribution in [0, 0.1) is 10.8 Å². The van der Waals surface area contributed by atoms with Gasteiger partial charge in [-0.05, 0) is 118 Å². The zero-order valence-corrected chi connectivity index (χ0v) is 24.3. The van der Waals surface area contributed by atoms with Gasteiger partial charge in [-0.1, -0.05) is 24.3 Å².